The Morgan fingerprint density at radius 1 is 0.750 bits per heavy atom. The van der Waals surface area contributed by atoms with Crippen LogP contribution in [0.4, 0.5) is 0 Å². The lowest BCUT2D eigenvalue weighted by molar-refractivity contribution is 0.199. The third kappa shape index (κ3) is 3.37. The number of nitrogens with zero attached hydrogens (tertiary/aromatic N) is 1. The highest BCUT2D eigenvalue weighted by molar-refractivity contribution is 7.17. The van der Waals surface area contributed by atoms with Gasteiger partial charge in [-0.2, -0.15) is 0 Å². The van der Waals surface area contributed by atoms with E-state index in [2.05, 4.69) is 94.5 Å². The van der Waals surface area contributed by atoms with Gasteiger partial charge in [0.2, 0.25) is 0 Å². The summed E-state index contributed by atoms with van der Waals surface area (Å²) < 4.78 is 1.37. The molecule has 0 spiro atoms. The molecule has 2 heterocycles. The molecule has 140 valence electrons. The highest BCUT2D eigenvalue weighted by atomic mass is 32.1. The predicted octanol–water partition coefficient (Wildman–Crippen LogP) is 5.56. The summed E-state index contributed by atoms with van der Waals surface area (Å²) in [6.07, 6.45) is 0. The van der Waals surface area contributed by atoms with Gasteiger partial charge in [0.15, 0.2) is 0 Å². The summed E-state index contributed by atoms with van der Waals surface area (Å²) in [5.74, 6) is 0. The first-order valence-corrected chi connectivity index (χ1v) is 10.8. The number of nitrogens with one attached hydrogen (secondary N) is 1. The molecular weight excluding hydrogens is 360 g/mol. The molecule has 1 fully saturated rings. The number of hydrogen-bond acceptors (Lipinski definition) is 3. The summed E-state index contributed by atoms with van der Waals surface area (Å²) in [6.45, 7) is 4.27. The van der Waals surface area contributed by atoms with Crippen LogP contribution in [0.15, 0.2) is 84.2 Å². The Hall–Kier alpha value is -2.46. The van der Waals surface area contributed by atoms with E-state index in [1.54, 1.807) is 0 Å². The van der Waals surface area contributed by atoms with Gasteiger partial charge in [0.25, 0.3) is 0 Å². The average Bonchev–Trinajstić information content (AvgIpc) is 3.20. The fourth-order valence-electron chi connectivity index (χ4n) is 4.23. The Kier molecular flexibility index (Phi) is 4.96. The topological polar surface area (TPSA) is 15.3 Å². The molecule has 3 heteroatoms. The zero-order valence-electron chi connectivity index (χ0n) is 15.8. The Morgan fingerprint density at radius 3 is 2.21 bits per heavy atom. The molecule has 0 amide bonds. The van der Waals surface area contributed by atoms with Gasteiger partial charge in [-0.1, -0.05) is 72.8 Å². The minimum absolute atomic E-state index is 0.308. The van der Waals surface area contributed by atoms with Gasteiger partial charge < -0.3 is 5.32 Å². The Morgan fingerprint density at radius 2 is 1.43 bits per heavy atom. The van der Waals surface area contributed by atoms with Crippen LogP contribution in [0.25, 0.3) is 21.2 Å². The molecule has 0 saturated carbocycles. The van der Waals surface area contributed by atoms with Crippen molar-refractivity contribution in [1.82, 2.24) is 10.2 Å². The molecule has 4 aromatic rings. The van der Waals surface area contributed by atoms with Gasteiger partial charge in [-0.25, -0.2) is 0 Å². The van der Waals surface area contributed by atoms with Gasteiger partial charge in [0.05, 0.1) is 6.04 Å². The molecule has 1 aromatic heterocycles. The Bertz CT molecular complexity index is 1050. The molecule has 0 bridgehead atoms. The third-order valence-electron chi connectivity index (χ3n) is 5.66. The molecule has 1 aliphatic rings. The molecule has 2 nitrogen and oxygen atoms in total. The van der Waals surface area contributed by atoms with Crippen molar-refractivity contribution in [3.8, 4) is 11.1 Å². The third-order valence-corrected chi connectivity index (χ3v) is 6.64. The van der Waals surface area contributed by atoms with Crippen LogP contribution >= 0.6 is 11.3 Å². The molecule has 1 aliphatic heterocycles. The summed E-state index contributed by atoms with van der Waals surface area (Å²) in [5.41, 5.74) is 5.37. The number of benzene rings is 3. The normalized spacial score (nSPS) is 16.3. The maximum absolute atomic E-state index is 3.50. The van der Waals surface area contributed by atoms with Crippen molar-refractivity contribution in [3.63, 3.8) is 0 Å². The summed E-state index contributed by atoms with van der Waals surface area (Å²) in [4.78, 5) is 2.63. The minimum atomic E-state index is 0.308. The molecule has 5 rings (SSSR count). The van der Waals surface area contributed by atoms with Crippen molar-refractivity contribution in [2.45, 2.75) is 6.04 Å². The van der Waals surface area contributed by atoms with Crippen LogP contribution in [0.2, 0.25) is 0 Å². The van der Waals surface area contributed by atoms with E-state index in [1.165, 1.54) is 32.3 Å². The monoisotopic (exact) mass is 384 g/mol. The van der Waals surface area contributed by atoms with E-state index in [1.807, 2.05) is 11.3 Å². The van der Waals surface area contributed by atoms with Crippen LogP contribution in [0, 0.1) is 0 Å². The lowest BCUT2D eigenvalue weighted by Crippen LogP contribution is -2.45. The second-order valence-electron chi connectivity index (χ2n) is 7.36. The van der Waals surface area contributed by atoms with E-state index in [4.69, 9.17) is 0 Å². The van der Waals surface area contributed by atoms with Crippen LogP contribution in [-0.2, 0) is 0 Å². The van der Waals surface area contributed by atoms with E-state index < -0.39 is 0 Å². The van der Waals surface area contributed by atoms with Crippen molar-refractivity contribution < 1.29 is 0 Å². The lowest BCUT2D eigenvalue weighted by Gasteiger charge is -2.35. The number of hydrogen-bond donors (Lipinski definition) is 1. The van der Waals surface area contributed by atoms with E-state index in [0.29, 0.717) is 6.04 Å². The predicted molar refractivity (Wildman–Crippen MR) is 120 cm³/mol. The molecular formula is C25H24N2S. The number of rotatable bonds is 4. The first kappa shape index (κ1) is 17.6. The van der Waals surface area contributed by atoms with Crippen LogP contribution in [0.5, 0.6) is 0 Å². The van der Waals surface area contributed by atoms with Crippen LogP contribution < -0.4 is 5.32 Å². The molecule has 1 N–H and O–H groups in total. The van der Waals surface area contributed by atoms with Crippen LogP contribution in [-0.4, -0.2) is 31.1 Å². The van der Waals surface area contributed by atoms with Crippen LogP contribution in [0.3, 0.4) is 0 Å². The molecule has 3 aromatic carbocycles. The quantitative estimate of drug-likeness (QED) is 0.495. The van der Waals surface area contributed by atoms with Gasteiger partial charge in [-0.3, -0.25) is 4.90 Å². The summed E-state index contributed by atoms with van der Waals surface area (Å²) in [6, 6.07) is 28.9. The van der Waals surface area contributed by atoms with Crippen molar-refractivity contribution >= 4 is 21.4 Å². The first-order valence-electron chi connectivity index (χ1n) is 9.96. The minimum Gasteiger partial charge on any atom is -0.314 e. The molecule has 1 atom stereocenters. The summed E-state index contributed by atoms with van der Waals surface area (Å²) >= 11 is 1.86. The van der Waals surface area contributed by atoms with Crippen molar-refractivity contribution in [3.05, 3.63) is 95.4 Å². The fourth-order valence-corrected chi connectivity index (χ4v) is 5.21. The SMILES string of the molecule is c1ccc(-c2ccc(C(c3csc4ccccc34)N3CCNCC3)cc2)cc1. The second-order valence-corrected chi connectivity index (χ2v) is 8.27. The van der Waals surface area contributed by atoms with E-state index >= 15 is 0 Å². The molecule has 0 aliphatic carbocycles. The van der Waals surface area contributed by atoms with E-state index in [-0.39, 0.29) is 0 Å². The van der Waals surface area contributed by atoms with Gasteiger partial charge in [0, 0.05) is 30.9 Å². The van der Waals surface area contributed by atoms with Crippen molar-refractivity contribution in [2.24, 2.45) is 0 Å². The molecule has 0 radical (unpaired) electrons. The fraction of sp³-hybridized carbons (Fsp3) is 0.200. The molecule has 28 heavy (non-hydrogen) atoms. The van der Waals surface area contributed by atoms with E-state index in [0.717, 1.165) is 26.2 Å². The largest absolute Gasteiger partial charge is 0.314 e. The second kappa shape index (κ2) is 7.88. The van der Waals surface area contributed by atoms with Gasteiger partial charge >= 0.3 is 0 Å². The van der Waals surface area contributed by atoms with E-state index in [9.17, 15) is 0 Å². The smallest absolute Gasteiger partial charge is 0.0617 e. The van der Waals surface area contributed by atoms with Crippen molar-refractivity contribution in [1.29, 1.82) is 0 Å². The molecule has 1 unspecified atom stereocenters. The zero-order chi connectivity index (χ0) is 18.8. The maximum Gasteiger partial charge on any atom is 0.0617 e. The average molecular weight is 385 g/mol. The summed E-state index contributed by atoms with van der Waals surface area (Å²) in [5, 5.41) is 7.25. The summed E-state index contributed by atoms with van der Waals surface area (Å²) in [7, 11) is 0. The Labute approximate surface area is 170 Å². The number of piperazine rings is 1. The van der Waals surface area contributed by atoms with Crippen LogP contribution in [0.1, 0.15) is 17.2 Å². The lowest BCUT2D eigenvalue weighted by atomic mass is 9.94. The highest BCUT2D eigenvalue weighted by Crippen LogP contribution is 2.37. The van der Waals surface area contributed by atoms with Gasteiger partial charge in [-0.05, 0) is 39.1 Å². The maximum atomic E-state index is 3.50. The number of fused-ring (bicyclic) bond motifs is 1. The Balaban J connectivity index is 1.56. The van der Waals surface area contributed by atoms with Gasteiger partial charge in [-0.15, -0.1) is 11.3 Å². The number of thiophene rings is 1. The zero-order valence-corrected chi connectivity index (χ0v) is 16.7. The van der Waals surface area contributed by atoms with Crippen molar-refractivity contribution in [2.75, 3.05) is 26.2 Å². The first-order chi connectivity index (χ1) is 13.9. The van der Waals surface area contributed by atoms with Gasteiger partial charge in [0.1, 0.15) is 0 Å². The molecule has 1 saturated heterocycles. The highest BCUT2D eigenvalue weighted by Gasteiger charge is 2.26. The standard InChI is InChI=1S/C25H24N2S/c1-2-6-19(7-3-1)20-10-12-21(13-11-20)25(27-16-14-26-15-17-27)23-18-28-24-9-5-4-8-22(23)24/h1-13,18,25-26H,14-17H2.